The molecule has 1 aliphatic heterocycles. The Balaban J connectivity index is 1.85. The standard InChI is InChI=1S/C20H22ClF2N5O4/c1-24-16(29)11-28(10-12-8-13(21)4-5-15(12)32-20(22)23)18(30)14-9-25-17(26-14)19(31)27-6-2-3-7-27/h4-5,8-9,20H,2-3,6-7,10-11H2,1H3,(H,24,29)(H,25,26). The topological polar surface area (TPSA) is 108 Å². The summed E-state index contributed by atoms with van der Waals surface area (Å²) in [6, 6.07) is 4.01. The van der Waals surface area contributed by atoms with Crippen LogP contribution in [0.15, 0.2) is 24.4 Å². The van der Waals surface area contributed by atoms with Crippen LogP contribution in [0.4, 0.5) is 8.78 Å². The Morgan fingerprint density at radius 3 is 2.69 bits per heavy atom. The number of likely N-dealkylation sites (tertiary alicyclic amines) is 1. The van der Waals surface area contributed by atoms with Crippen LogP contribution in [-0.4, -0.2) is 70.8 Å². The first-order chi connectivity index (χ1) is 15.3. The van der Waals surface area contributed by atoms with E-state index in [-0.39, 0.29) is 46.9 Å². The third kappa shape index (κ3) is 5.72. The summed E-state index contributed by atoms with van der Waals surface area (Å²) in [7, 11) is 1.40. The smallest absolute Gasteiger partial charge is 0.387 e. The van der Waals surface area contributed by atoms with Gasteiger partial charge >= 0.3 is 6.61 Å². The normalized spacial score (nSPS) is 13.3. The summed E-state index contributed by atoms with van der Waals surface area (Å²) < 4.78 is 30.1. The van der Waals surface area contributed by atoms with Crippen molar-refractivity contribution in [2.45, 2.75) is 26.0 Å². The molecule has 9 nitrogen and oxygen atoms in total. The van der Waals surface area contributed by atoms with Crippen molar-refractivity contribution >= 4 is 29.3 Å². The zero-order chi connectivity index (χ0) is 23.3. The van der Waals surface area contributed by atoms with Crippen LogP contribution in [-0.2, 0) is 11.3 Å². The summed E-state index contributed by atoms with van der Waals surface area (Å²) in [5.74, 6) is -1.61. The summed E-state index contributed by atoms with van der Waals surface area (Å²) in [6.07, 6.45) is 3.01. The molecule has 0 radical (unpaired) electrons. The lowest BCUT2D eigenvalue weighted by Gasteiger charge is -2.23. The van der Waals surface area contributed by atoms with Gasteiger partial charge < -0.3 is 24.8 Å². The minimum absolute atomic E-state index is 0.0135. The van der Waals surface area contributed by atoms with Gasteiger partial charge in [-0.25, -0.2) is 4.98 Å². The zero-order valence-corrected chi connectivity index (χ0v) is 18.0. The Labute approximate surface area is 187 Å². The molecule has 0 atom stereocenters. The summed E-state index contributed by atoms with van der Waals surface area (Å²) in [6.45, 7) is -2.46. The molecule has 1 saturated heterocycles. The van der Waals surface area contributed by atoms with E-state index in [9.17, 15) is 23.2 Å². The fourth-order valence-corrected chi connectivity index (χ4v) is 3.51. The number of nitrogens with one attached hydrogen (secondary N) is 2. The largest absolute Gasteiger partial charge is 0.434 e. The van der Waals surface area contributed by atoms with Gasteiger partial charge in [0.1, 0.15) is 18.0 Å². The Morgan fingerprint density at radius 1 is 1.31 bits per heavy atom. The minimum atomic E-state index is -3.08. The number of H-pyrrole nitrogens is 1. The highest BCUT2D eigenvalue weighted by molar-refractivity contribution is 6.30. The van der Waals surface area contributed by atoms with E-state index in [1.807, 2.05) is 0 Å². The van der Waals surface area contributed by atoms with Crippen molar-refractivity contribution < 1.29 is 27.9 Å². The molecule has 1 aromatic carbocycles. The second-order valence-corrected chi connectivity index (χ2v) is 7.55. The van der Waals surface area contributed by atoms with Gasteiger partial charge in [0.2, 0.25) is 5.91 Å². The maximum atomic E-state index is 13.1. The van der Waals surface area contributed by atoms with Gasteiger partial charge in [0.05, 0.1) is 12.7 Å². The third-order valence-corrected chi connectivity index (χ3v) is 5.14. The number of carbonyl (C=O) groups is 3. The molecule has 3 rings (SSSR count). The van der Waals surface area contributed by atoms with E-state index in [0.717, 1.165) is 17.7 Å². The SMILES string of the molecule is CNC(=O)CN(Cc1cc(Cl)ccc1OC(F)F)C(=O)c1cnc(C(=O)N2CCCC2)[nH]1. The van der Waals surface area contributed by atoms with Crippen LogP contribution in [0.3, 0.4) is 0 Å². The monoisotopic (exact) mass is 469 g/mol. The number of rotatable bonds is 8. The van der Waals surface area contributed by atoms with Gasteiger partial charge in [0.15, 0.2) is 5.82 Å². The summed E-state index contributed by atoms with van der Waals surface area (Å²) in [5, 5.41) is 2.65. The van der Waals surface area contributed by atoms with Crippen molar-refractivity contribution in [3.63, 3.8) is 0 Å². The highest BCUT2D eigenvalue weighted by Crippen LogP contribution is 2.26. The molecular formula is C20H22ClF2N5O4. The molecule has 0 unspecified atom stereocenters. The molecule has 12 heteroatoms. The van der Waals surface area contributed by atoms with Crippen molar-refractivity contribution in [3.8, 4) is 5.75 Å². The van der Waals surface area contributed by atoms with Gasteiger partial charge in [0, 0.05) is 30.7 Å². The lowest BCUT2D eigenvalue weighted by molar-refractivity contribution is -0.121. The summed E-state index contributed by atoms with van der Waals surface area (Å²) in [4.78, 5) is 47.0. The van der Waals surface area contributed by atoms with Crippen molar-refractivity contribution in [3.05, 3.63) is 46.5 Å². The zero-order valence-electron chi connectivity index (χ0n) is 17.2. The number of carbonyl (C=O) groups excluding carboxylic acids is 3. The highest BCUT2D eigenvalue weighted by atomic mass is 35.5. The van der Waals surface area contributed by atoms with Crippen molar-refractivity contribution in [2.75, 3.05) is 26.7 Å². The van der Waals surface area contributed by atoms with Crippen molar-refractivity contribution in [1.82, 2.24) is 25.1 Å². The number of imidazole rings is 1. The van der Waals surface area contributed by atoms with E-state index in [4.69, 9.17) is 11.6 Å². The van der Waals surface area contributed by atoms with Gasteiger partial charge in [-0.05, 0) is 31.0 Å². The van der Waals surface area contributed by atoms with E-state index >= 15 is 0 Å². The molecule has 0 saturated carbocycles. The van der Waals surface area contributed by atoms with Gasteiger partial charge in [0.25, 0.3) is 11.8 Å². The van der Waals surface area contributed by atoms with Crippen LogP contribution >= 0.6 is 11.6 Å². The molecular weight excluding hydrogens is 448 g/mol. The lowest BCUT2D eigenvalue weighted by Crippen LogP contribution is -2.39. The molecule has 0 bridgehead atoms. The predicted molar refractivity (Wildman–Crippen MR) is 111 cm³/mol. The fourth-order valence-electron chi connectivity index (χ4n) is 3.32. The quantitative estimate of drug-likeness (QED) is 0.616. The van der Waals surface area contributed by atoms with Gasteiger partial charge in [-0.3, -0.25) is 14.4 Å². The molecule has 1 aromatic heterocycles. The number of hydrogen-bond donors (Lipinski definition) is 2. The number of amides is 3. The molecule has 0 aliphatic carbocycles. The number of hydrogen-bond acceptors (Lipinski definition) is 5. The minimum Gasteiger partial charge on any atom is -0.434 e. The number of benzene rings is 1. The van der Waals surface area contributed by atoms with Crippen LogP contribution in [0.25, 0.3) is 0 Å². The maximum Gasteiger partial charge on any atom is 0.387 e. The summed E-state index contributed by atoms with van der Waals surface area (Å²) in [5.41, 5.74) is 0.165. The molecule has 2 heterocycles. The number of likely N-dealkylation sites (N-methyl/N-ethyl adjacent to an activating group) is 1. The highest BCUT2D eigenvalue weighted by Gasteiger charge is 2.26. The van der Waals surface area contributed by atoms with Gasteiger partial charge in [-0.15, -0.1) is 0 Å². The first kappa shape index (κ1) is 23.5. The average molecular weight is 470 g/mol. The number of aromatic nitrogens is 2. The van der Waals surface area contributed by atoms with Crippen LogP contribution < -0.4 is 10.1 Å². The van der Waals surface area contributed by atoms with Gasteiger partial charge in [-0.2, -0.15) is 8.78 Å². The Bertz CT molecular complexity index is 994. The lowest BCUT2D eigenvalue weighted by atomic mass is 10.1. The van der Waals surface area contributed by atoms with Crippen LogP contribution in [0.5, 0.6) is 5.75 Å². The second-order valence-electron chi connectivity index (χ2n) is 7.11. The van der Waals surface area contributed by atoms with E-state index in [0.29, 0.717) is 13.1 Å². The first-order valence-corrected chi connectivity index (χ1v) is 10.2. The van der Waals surface area contributed by atoms with E-state index in [2.05, 4.69) is 20.0 Å². The molecule has 2 N–H and O–H groups in total. The predicted octanol–water partition coefficient (Wildman–Crippen LogP) is 2.29. The van der Waals surface area contributed by atoms with Gasteiger partial charge in [-0.1, -0.05) is 11.6 Å². The van der Waals surface area contributed by atoms with E-state index in [1.54, 1.807) is 4.90 Å². The molecule has 172 valence electrons. The molecule has 0 spiro atoms. The van der Waals surface area contributed by atoms with E-state index in [1.165, 1.54) is 31.4 Å². The Morgan fingerprint density at radius 2 is 2.03 bits per heavy atom. The maximum absolute atomic E-state index is 13.1. The summed E-state index contributed by atoms with van der Waals surface area (Å²) >= 11 is 5.98. The molecule has 3 amide bonds. The number of alkyl halides is 2. The Kier molecular flexibility index (Phi) is 7.62. The number of ether oxygens (including phenoxy) is 1. The Hall–Kier alpha value is -3.21. The average Bonchev–Trinajstić information content (AvgIpc) is 3.46. The second kappa shape index (κ2) is 10.4. The third-order valence-electron chi connectivity index (χ3n) is 4.90. The first-order valence-electron chi connectivity index (χ1n) is 9.86. The number of nitrogens with zero attached hydrogens (tertiary/aromatic N) is 3. The van der Waals surface area contributed by atoms with Crippen molar-refractivity contribution in [1.29, 1.82) is 0 Å². The fraction of sp³-hybridized carbons (Fsp3) is 0.400. The van der Waals surface area contributed by atoms with Crippen LogP contribution in [0.2, 0.25) is 5.02 Å². The molecule has 2 aromatic rings. The molecule has 32 heavy (non-hydrogen) atoms. The molecule has 1 fully saturated rings. The number of aromatic amines is 1. The van der Waals surface area contributed by atoms with Crippen LogP contribution in [0, 0.1) is 0 Å². The number of halogens is 3. The molecule has 1 aliphatic rings. The van der Waals surface area contributed by atoms with E-state index < -0.39 is 18.4 Å². The van der Waals surface area contributed by atoms with Crippen molar-refractivity contribution in [2.24, 2.45) is 0 Å². The van der Waals surface area contributed by atoms with Crippen LogP contribution in [0.1, 0.15) is 39.5 Å².